The zero-order valence-electron chi connectivity index (χ0n) is 7.21. The van der Waals surface area contributed by atoms with Gasteiger partial charge in [-0.2, -0.15) is 0 Å². The molecule has 2 aliphatic rings. The number of hydrogen-bond donors (Lipinski definition) is 0. The lowest BCUT2D eigenvalue weighted by molar-refractivity contribution is -0.153. The Hall–Kier alpha value is -0.790. The van der Waals surface area contributed by atoms with E-state index in [1.165, 1.54) is 19.3 Å². The van der Waals surface area contributed by atoms with Gasteiger partial charge in [-0.25, -0.2) is 4.79 Å². The first-order valence-electron chi connectivity index (χ1n) is 4.66. The van der Waals surface area contributed by atoms with Gasteiger partial charge in [-0.15, -0.1) is 0 Å². The Bertz CT molecular complexity index is 196. The number of esters is 1. The minimum atomic E-state index is -0.168. The fourth-order valence-corrected chi connectivity index (χ4v) is 2.18. The molecule has 1 aliphatic heterocycles. The van der Waals surface area contributed by atoms with E-state index in [0.717, 1.165) is 12.8 Å². The van der Waals surface area contributed by atoms with Gasteiger partial charge in [-0.05, 0) is 25.7 Å². The summed E-state index contributed by atoms with van der Waals surface area (Å²) in [6.07, 6.45) is 5.83. The Labute approximate surface area is 72.6 Å². The molecule has 2 heteroatoms. The van der Waals surface area contributed by atoms with Gasteiger partial charge in [0.15, 0.2) is 0 Å². The first-order chi connectivity index (χ1) is 5.77. The third-order valence-electron chi connectivity index (χ3n) is 2.90. The lowest BCUT2D eigenvalue weighted by Crippen LogP contribution is -2.35. The maximum Gasteiger partial charge on any atom is 0.333 e. The van der Waals surface area contributed by atoms with Crippen molar-refractivity contribution >= 4 is 5.97 Å². The molecular formula is C10H14O2. The Morgan fingerprint density at radius 1 is 1.33 bits per heavy atom. The summed E-state index contributed by atoms with van der Waals surface area (Å²) in [7, 11) is 0. The Morgan fingerprint density at radius 3 is 2.92 bits per heavy atom. The van der Waals surface area contributed by atoms with Gasteiger partial charge in [0, 0.05) is 11.5 Å². The van der Waals surface area contributed by atoms with Crippen molar-refractivity contribution in [2.45, 2.75) is 38.2 Å². The molecule has 0 N–H and O–H groups in total. The van der Waals surface area contributed by atoms with Crippen LogP contribution in [0.25, 0.3) is 0 Å². The highest BCUT2D eigenvalue weighted by molar-refractivity contribution is 5.88. The smallest absolute Gasteiger partial charge is 0.333 e. The van der Waals surface area contributed by atoms with Crippen LogP contribution in [-0.2, 0) is 9.53 Å². The Kier molecular flexibility index (Phi) is 1.91. The van der Waals surface area contributed by atoms with Gasteiger partial charge in [0.2, 0.25) is 0 Å². The van der Waals surface area contributed by atoms with Crippen LogP contribution in [0.4, 0.5) is 0 Å². The van der Waals surface area contributed by atoms with E-state index in [1.54, 1.807) is 0 Å². The zero-order valence-corrected chi connectivity index (χ0v) is 7.21. The van der Waals surface area contributed by atoms with Gasteiger partial charge in [0.25, 0.3) is 0 Å². The monoisotopic (exact) mass is 166 g/mol. The molecule has 2 nitrogen and oxygen atoms in total. The van der Waals surface area contributed by atoms with Crippen molar-refractivity contribution in [3.8, 4) is 0 Å². The number of fused-ring (bicyclic) bond motifs is 1. The van der Waals surface area contributed by atoms with Crippen LogP contribution in [0.1, 0.15) is 32.1 Å². The minimum absolute atomic E-state index is 0.168. The van der Waals surface area contributed by atoms with Crippen LogP contribution in [0.2, 0.25) is 0 Å². The van der Waals surface area contributed by atoms with E-state index < -0.39 is 0 Å². The molecule has 1 saturated carbocycles. The highest BCUT2D eigenvalue weighted by Gasteiger charge is 2.34. The fourth-order valence-electron chi connectivity index (χ4n) is 2.18. The maximum absolute atomic E-state index is 11.1. The molecule has 66 valence electrons. The van der Waals surface area contributed by atoms with E-state index >= 15 is 0 Å². The molecule has 1 saturated heterocycles. The first-order valence-corrected chi connectivity index (χ1v) is 4.66. The molecule has 0 aromatic heterocycles. The van der Waals surface area contributed by atoms with E-state index in [9.17, 15) is 4.79 Å². The zero-order chi connectivity index (χ0) is 8.55. The number of hydrogen-bond acceptors (Lipinski definition) is 2. The quantitative estimate of drug-likeness (QED) is 0.406. The Morgan fingerprint density at radius 2 is 2.08 bits per heavy atom. The molecule has 0 radical (unpaired) electrons. The van der Waals surface area contributed by atoms with Crippen molar-refractivity contribution in [3.05, 3.63) is 12.2 Å². The number of ether oxygens (including phenoxy) is 1. The molecule has 2 unspecified atom stereocenters. The minimum Gasteiger partial charge on any atom is -0.459 e. The third kappa shape index (κ3) is 1.26. The van der Waals surface area contributed by atoms with Crippen LogP contribution in [-0.4, -0.2) is 12.1 Å². The molecule has 1 heterocycles. The highest BCUT2D eigenvalue weighted by Crippen LogP contribution is 2.35. The second-order valence-corrected chi connectivity index (χ2v) is 3.80. The summed E-state index contributed by atoms with van der Waals surface area (Å²) < 4.78 is 5.26. The fraction of sp³-hybridized carbons (Fsp3) is 0.700. The molecule has 0 aromatic rings. The van der Waals surface area contributed by atoms with Crippen LogP contribution in [0.15, 0.2) is 12.2 Å². The summed E-state index contributed by atoms with van der Waals surface area (Å²) in [6, 6.07) is 0. The topological polar surface area (TPSA) is 26.3 Å². The van der Waals surface area contributed by atoms with E-state index in [1.807, 2.05) is 0 Å². The average Bonchev–Trinajstić information content (AvgIpc) is 2.07. The molecule has 2 fully saturated rings. The van der Waals surface area contributed by atoms with Crippen LogP contribution in [0.3, 0.4) is 0 Å². The predicted molar refractivity (Wildman–Crippen MR) is 45.6 cm³/mol. The maximum atomic E-state index is 11.1. The van der Waals surface area contributed by atoms with Crippen LogP contribution >= 0.6 is 0 Å². The van der Waals surface area contributed by atoms with Gasteiger partial charge in [0.1, 0.15) is 6.10 Å². The molecular weight excluding hydrogens is 152 g/mol. The molecule has 0 spiro atoms. The second-order valence-electron chi connectivity index (χ2n) is 3.80. The second kappa shape index (κ2) is 2.92. The lowest BCUT2D eigenvalue weighted by atomic mass is 9.81. The van der Waals surface area contributed by atoms with Crippen molar-refractivity contribution in [1.82, 2.24) is 0 Å². The van der Waals surface area contributed by atoms with E-state index in [0.29, 0.717) is 11.5 Å². The molecule has 2 rings (SSSR count). The van der Waals surface area contributed by atoms with Crippen molar-refractivity contribution in [2.75, 3.05) is 0 Å². The lowest BCUT2D eigenvalue weighted by Gasteiger charge is -2.35. The predicted octanol–water partition coefficient (Wildman–Crippen LogP) is 2.05. The molecule has 0 aromatic carbocycles. The van der Waals surface area contributed by atoms with Crippen LogP contribution in [0.5, 0.6) is 0 Å². The number of carbonyl (C=O) groups excluding carboxylic acids is 1. The van der Waals surface area contributed by atoms with Crippen LogP contribution in [0, 0.1) is 5.92 Å². The van der Waals surface area contributed by atoms with E-state index in [4.69, 9.17) is 4.74 Å². The molecule has 0 amide bonds. The van der Waals surface area contributed by atoms with Crippen LogP contribution < -0.4 is 0 Å². The van der Waals surface area contributed by atoms with Gasteiger partial charge >= 0.3 is 5.97 Å². The summed E-state index contributed by atoms with van der Waals surface area (Å²) in [6.45, 7) is 3.71. The van der Waals surface area contributed by atoms with Crippen molar-refractivity contribution in [3.63, 3.8) is 0 Å². The molecule has 0 bridgehead atoms. The van der Waals surface area contributed by atoms with Crippen molar-refractivity contribution in [1.29, 1.82) is 0 Å². The first kappa shape index (κ1) is 7.84. The summed E-state index contributed by atoms with van der Waals surface area (Å²) in [5.74, 6) is 0.405. The van der Waals surface area contributed by atoms with Gasteiger partial charge in [0.05, 0.1) is 0 Å². The normalized spacial score (nSPS) is 35.7. The summed E-state index contributed by atoms with van der Waals surface area (Å²) in [4.78, 5) is 11.1. The van der Waals surface area contributed by atoms with Gasteiger partial charge in [-0.1, -0.05) is 13.0 Å². The number of rotatable bonds is 0. The summed E-state index contributed by atoms with van der Waals surface area (Å²) in [5, 5.41) is 0. The Balaban J connectivity index is 2.07. The van der Waals surface area contributed by atoms with Gasteiger partial charge < -0.3 is 4.74 Å². The standard InChI is InChI=1S/C10H14O2/c1-7-6-8-4-2-3-5-9(8)12-10(7)11/h8-9H,1-6H2. The van der Waals surface area contributed by atoms with Crippen molar-refractivity contribution < 1.29 is 9.53 Å². The highest BCUT2D eigenvalue weighted by atomic mass is 16.5. The SMILES string of the molecule is C=C1CC2CCCCC2OC1=O. The largest absolute Gasteiger partial charge is 0.459 e. The number of carbonyl (C=O) groups is 1. The average molecular weight is 166 g/mol. The molecule has 1 aliphatic carbocycles. The van der Waals surface area contributed by atoms with Gasteiger partial charge in [-0.3, -0.25) is 0 Å². The molecule has 12 heavy (non-hydrogen) atoms. The van der Waals surface area contributed by atoms with Crippen molar-refractivity contribution in [2.24, 2.45) is 5.92 Å². The molecule has 2 atom stereocenters. The summed E-state index contributed by atoms with van der Waals surface area (Å²) >= 11 is 0. The van der Waals surface area contributed by atoms with E-state index in [2.05, 4.69) is 6.58 Å². The third-order valence-corrected chi connectivity index (χ3v) is 2.90. The summed E-state index contributed by atoms with van der Waals surface area (Å²) in [5.41, 5.74) is 0.665. The van der Waals surface area contributed by atoms with E-state index in [-0.39, 0.29) is 12.1 Å².